The van der Waals surface area contributed by atoms with E-state index in [2.05, 4.69) is 0 Å². The summed E-state index contributed by atoms with van der Waals surface area (Å²) in [5.41, 5.74) is 6.55. The number of rotatable bonds is 2. The highest BCUT2D eigenvalue weighted by molar-refractivity contribution is 5.42. The average Bonchev–Trinajstić information content (AvgIpc) is 2.73. The largest absolute Gasteiger partial charge is 0.493 e. The van der Waals surface area contributed by atoms with Gasteiger partial charge in [-0.1, -0.05) is 26.8 Å². The first-order valence-corrected chi connectivity index (χ1v) is 6.07. The predicted octanol–water partition coefficient (Wildman–Crippen LogP) is 1.81. The number of nitrogens with two attached hydrogens (primary N) is 1. The molecule has 3 nitrogen and oxygen atoms in total. The Kier molecular flexibility index (Phi) is 2.92. The van der Waals surface area contributed by atoms with Gasteiger partial charge in [-0.3, -0.25) is 0 Å². The van der Waals surface area contributed by atoms with Gasteiger partial charge in [-0.2, -0.15) is 0 Å². The van der Waals surface area contributed by atoms with Crippen molar-refractivity contribution in [1.29, 1.82) is 0 Å². The predicted molar refractivity (Wildman–Crippen MR) is 68.0 cm³/mol. The smallest absolute Gasteiger partial charge is 0.122 e. The highest BCUT2D eigenvalue weighted by Crippen LogP contribution is 2.40. The molecule has 0 aliphatic carbocycles. The van der Waals surface area contributed by atoms with Gasteiger partial charge in [-0.15, -0.1) is 0 Å². The maximum absolute atomic E-state index is 10.8. The van der Waals surface area contributed by atoms with Crippen molar-refractivity contribution in [2.45, 2.75) is 32.8 Å². The van der Waals surface area contributed by atoms with Crippen molar-refractivity contribution in [3.63, 3.8) is 0 Å². The standard InChI is InChI=1S/C14H21NO2/c1-13(2,3)14(16,9-15)11-4-5-12-10(8-11)6-7-17-12/h4-5,8,16H,6-7,9,15H2,1-3H3. The van der Waals surface area contributed by atoms with E-state index in [1.807, 2.05) is 39.0 Å². The molecule has 0 radical (unpaired) electrons. The Hall–Kier alpha value is -1.06. The van der Waals surface area contributed by atoms with E-state index >= 15 is 0 Å². The Morgan fingerprint density at radius 1 is 1.35 bits per heavy atom. The van der Waals surface area contributed by atoms with Crippen LogP contribution in [0.5, 0.6) is 5.75 Å². The lowest BCUT2D eigenvalue weighted by molar-refractivity contribution is -0.0557. The van der Waals surface area contributed by atoms with E-state index in [0.29, 0.717) is 0 Å². The highest BCUT2D eigenvalue weighted by atomic mass is 16.5. The summed E-state index contributed by atoms with van der Waals surface area (Å²) in [5.74, 6) is 0.932. The number of fused-ring (bicyclic) bond motifs is 1. The van der Waals surface area contributed by atoms with E-state index in [1.165, 1.54) is 5.56 Å². The Labute approximate surface area is 103 Å². The third-order valence-electron chi connectivity index (χ3n) is 3.70. The van der Waals surface area contributed by atoms with Gasteiger partial charge >= 0.3 is 0 Å². The first-order chi connectivity index (χ1) is 7.88. The number of hydrogen-bond acceptors (Lipinski definition) is 3. The van der Waals surface area contributed by atoms with Gasteiger partial charge in [0, 0.05) is 13.0 Å². The molecule has 3 heteroatoms. The molecule has 17 heavy (non-hydrogen) atoms. The molecule has 1 unspecified atom stereocenters. The summed E-state index contributed by atoms with van der Waals surface area (Å²) in [5, 5.41) is 10.8. The van der Waals surface area contributed by atoms with Gasteiger partial charge in [0.15, 0.2) is 0 Å². The Balaban J connectivity index is 2.45. The first kappa shape index (κ1) is 12.4. The van der Waals surface area contributed by atoms with E-state index in [-0.39, 0.29) is 12.0 Å². The van der Waals surface area contributed by atoms with Crippen molar-refractivity contribution < 1.29 is 9.84 Å². The van der Waals surface area contributed by atoms with Crippen LogP contribution in [-0.4, -0.2) is 18.3 Å². The van der Waals surface area contributed by atoms with Gasteiger partial charge in [0.1, 0.15) is 11.4 Å². The van der Waals surface area contributed by atoms with Crippen molar-refractivity contribution >= 4 is 0 Å². The molecule has 0 bridgehead atoms. The minimum absolute atomic E-state index is 0.218. The SMILES string of the molecule is CC(C)(C)C(O)(CN)c1ccc2c(c1)CCO2. The van der Waals surface area contributed by atoms with Gasteiger partial charge in [-0.05, 0) is 28.7 Å². The Bertz CT molecular complexity index is 423. The molecule has 1 aromatic carbocycles. The van der Waals surface area contributed by atoms with Crippen LogP contribution in [-0.2, 0) is 12.0 Å². The Morgan fingerprint density at radius 2 is 2.06 bits per heavy atom. The van der Waals surface area contributed by atoms with Crippen molar-refractivity contribution in [2.75, 3.05) is 13.2 Å². The molecule has 3 N–H and O–H groups in total. The fraction of sp³-hybridized carbons (Fsp3) is 0.571. The van der Waals surface area contributed by atoms with E-state index in [1.54, 1.807) is 0 Å². The molecule has 1 aliphatic rings. The fourth-order valence-electron chi connectivity index (χ4n) is 2.30. The molecule has 1 heterocycles. The van der Waals surface area contributed by atoms with Crippen LogP contribution in [0.3, 0.4) is 0 Å². The lowest BCUT2D eigenvalue weighted by atomic mass is 9.72. The lowest BCUT2D eigenvalue weighted by Crippen LogP contribution is -2.46. The third kappa shape index (κ3) is 1.94. The summed E-state index contributed by atoms with van der Waals surface area (Å²) in [7, 11) is 0. The second-order valence-electron chi connectivity index (χ2n) is 5.74. The van der Waals surface area contributed by atoms with Crippen LogP contribution < -0.4 is 10.5 Å². The Morgan fingerprint density at radius 3 is 2.65 bits per heavy atom. The fourth-order valence-corrected chi connectivity index (χ4v) is 2.30. The molecule has 0 fully saturated rings. The van der Waals surface area contributed by atoms with Gasteiger partial charge in [-0.25, -0.2) is 0 Å². The van der Waals surface area contributed by atoms with Crippen molar-refractivity contribution in [2.24, 2.45) is 11.1 Å². The molecule has 0 aromatic heterocycles. The van der Waals surface area contributed by atoms with Gasteiger partial charge < -0.3 is 15.6 Å². The molecule has 0 saturated heterocycles. The molecule has 1 atom stereocenters. The quantitative estimate of drug-likeness (QED) is 0.822. The van der Waals surface area contributed by atoms with Crippen LogP contribution in [0.1, 0.15) is 31.9 Å². The third-order valence-corrected chi connectivity index (χ3v) is 3.70. The maximum atomic E-state index is 10.8. The molecule has 0 saturated carbocycles. The van der Waals surface area contributed by atoms with Gasteiger partial charge in [0.25, 0.3) is 0 Å². The number of benzene rings is 1. The lowest BCUT2D eigenvalue weighted by Gasteiger charge is -2.40. The van der Waals surface area contributed by atoms with Crippen LogP contribution >= 0.6 is 0 Å². The normalized spacial score (nSPS) is 18.4. The van der Waals surface area contributed by atoms with Crippen molar-refractivity contribution in [3.8, 4) is 5.75 Å². The summed E-state index contributed by atoms with van der Waals surface area (Å²) in [6.07, 6.45) is 0.911. The molecule has 0 spiro atoms. The minimum atomic E-state index is -0.995. The summed E-state index contributed by atoms with van der Waals surface area (Å²) in [6, 6.07) is 5.88. The van der Waals surface area contributed by atoms with E-state index < -0.39 is 5.60 Å². The topological polar surface area (TPSA) is 55.5 Å². The summed E-state index contributed by atoms with van der Waals surface area (Å²) >= 11 is 0. The monoisotopic (exact) mass is 235 g/mol. The van der Waals surface area contributed by atoms with E-state index in [4.69, 9.17) is 10.5 Å². The number of hydrogen-bond donors (Lipinski definition) is 2. The van der Waals surface area contributed by atoms with Crippen LogP contribution in [0, 0.1) is 5.41 Å². The zero-order chi connectivity index (χ0) is 12.7. The van der Waals surface area contributed by atoms with Crippen molar-refractivity contribution in [1.82, 2.24) is 0 Å². The molecular formula is C14H21NO2. The van der Waals surface area contributed by atoms with Crippen molar-refractivity contribution in [3.05, 3.63) is 29.3 Å². The zero-order valence-electron chi connectivity index (χ0n) is 10.8. The van der Waals surface area contributed by atoms with Crippen LogP contribution in [0.2, 0.25) is 0 Å². The molecule has 0 amide bonds. The van der Waals surface area contributed by atoms with Crippen LogP contribution in [0.25, 0.3) is 0 Å². The van der Waals surface area contributed by atoms with Crippen LogP contribution in [0.15, 0.2) is 18.2 Å². The molecule has 2 rings (SSSR count). The second-order valence-corrected chi connectivity index (χ2v) is 5.74. The second kappa shape index (κ2) is 4.00. The molecule has 94 valence electrons. The van der Waals surface area contributed by atoms with Gasteiger partial charge in [0.05, 0.1) is 6.61 Å². The number of ether oxygens (including phenoxy) is 1. The molecule has 1 aliphatic heterocycles. The zero-order valence-corrected chi connectivity index (χ0v) is 10.8. The summed E-state index contributed by atoms with van der Waals surface area (Å²) in [4.78, 5) is 0. The maximum Gasteiger partial charge on any atom is 0.122 e. The minimum Gasteiger partial charge on any atom is -0.493 e. The van der Waals surface area contributed by atoms with Crippen LogP contribution in [0.4, 0.5) is 0 Å². The molecular weight excluding hydrogens is 214 g/mol. The number of aliphatic hydroxyl groups is 1. The molecule has 1 aromatic rings. The first-order valence-electron chi connectivity index (χ1n) is 6.07. The van der Waals surface area contributed by atoms with E-state index in [0.717, 1.165) is 24.3 Å². The van der Waals surface area contributed by atoms with E-state index in [9.17, 15) is 5.11 Å². The average molecular weight is 235 g/mol. The highest BCUT2D eigenvalue weighted by Gasteiger charge is 2.40. The van der Waals surface area contributed by atoms with Gasteiger partial charge in [0.2, 0.25) is 0 Å². The summed E-state index contributed by atoms with van der Waals surface area (Å²) in [6.45, 7) is 6.96. The summed E-state index contributed by atoms with van der Waals surface area (Å²) < 4.78 is 5.47.